The lowest BCUT2D eigenvalue weighted by Gasteiger charge is -2.29. The molecule has 1 heterocycles. The first kappa shape index (κ1) is 19.6. The van der Waals surface area contributed by atoms with Crippen LogP contribution in [0.15, 0.2) is 48.5 Å². The van der Waals surface area contributed by atoms with E-state index in [0.717, 1.165) is 31.5 Å². The van der Waals surface area contributed by atoms with E-state index in [1.165, 1.54) is 36.1 Å². The molecule has 3 nitrogen and oxygen atoms in total. The topological polar surface area (TPSA) is 32.3 Å². The zero-order valence-electron chi connectivity index (χ0n) is 16.1. The van der Waals surface area contributed by atoms with Crippen LogP contribution >= 0.6 is 0 Å². The van der Waals surface area contributed by atoms with Gasteiger partial charge in [0, 0.05) is 13.0 Å². The van der Waals surface area contributed by atoms with Gasteiger partial charge in [0.2, 0.25) is 5.91 Å². The van der Waals surface area contributed by atoms with E-state index in [9.17, 15) is 9.18 Å². The SMILES string of the molecule is Cc1ccccc1C(CNC(=O)CCCc1ccc(F)cc1)N1CCCC1. The molecular weight excluding hydrogens is 339 g/mol. The van der Waals surface area contributed by atoms with Gasteiger partial charge in [0.25, 0.3) is 0 Å². The highest BCUT2D eigenvalue weighted by Gasteiger charge is 2.24. The molecule has 0 radical (unpaired) electrons. The Hall–Kier alpha value is -2.20. The molecule has 4 heteroatoms. The third-order valence-electron chi connectivity index (χ3n) is 5.40. The predicted octanol–water partition coefficient (Wildman–Crippen LogP) is 4.41. The molecular formula is C23H29FN2O. The quantitative estimate of drug-likeness (QED) is 0.748. The molecule has 1 N–H and O–H groups in total. The number of rotatable bonds is 8. The summed E-state index contributed by atoms with van der Waals surface area (Å²) >= 11 is 0. The molecule has 1 fully saturated rings. The summed E-state index contributed by atoms with van der Waals surface area (Å²) in [5.41, 5.74) is 3.66. The number of benzene rings is 2. The molecule has 0 aliphatic carbocycles. The van der Waals surface area contributed by atoms with Crippen LogP contribution in [0.2, 0.25) is 0 Å². The zero-order valence-corrected chi connectivity index (χ0v) is 16.1. The van der Waals surface area contributed by atoms with Gasteiger partial charge in [0.15, 0.2) is 0 Å². The molecule has 0 saturated carbocycles. The number of nitrogens with zero attached hydrogens (tertiary/aromatic N) is 1. The maximum absolute atomic E-state index is 12.9. The normalized spacial score (nSPS) is 15.6. The Bertz CT molecular complexity index is 738. The molecule has 27 heavy (non-hydrogen) atoms. The molecule has 0 spiro atoms. The summed E-state index contributed by atoms with van der Waals surface area (Å²) in [7, 11) is 0. The second kappa shape index (κ2) is 9.65. The monoisotopic (exact) mass is 368 g/mol. The Labute approximate surface area is 161 Å². The number of carbonyl (C=O) groups excluding carboxylic acids is 1. The van der Waals surface area contributed by atoms with Crippen molar-refractivity contribution in [3.8, 4) is 0 Å². The number of carbonyl (C=O) groups is 1. The number of nitrogens with one attached hydrogen (secondary N) is 1. The predicted molar refractivity (Wildman–Crippen MR) is 107 cm³/mol. The van der Waals surface area contributed by atoms with E-state index in [-0.39, 0.29) is 17.8 Å². The summed E-state index contributed by atoms with van der Waals surface area (Å²) in [6, 6.07) is 15.2. The van der Waals surface area contributed by atoms with Gasteiger partial charge in [-0.2, -0.15) is 0 Å². The van der Waals surface area contributed by atoms with Crippen molar-refractivity contribution in [3.63, 3.8) is 0 Å². The zero-order chi connectivity index (χ0) is 19.1. The van der Waals surface area contributed by atoms with Crippen molar-refractivity contribution in [2.75, 3.05) is 19.6 Å². The highest BCUT2D eigenvalue weighted by atomic mass is 19.1. The van der Waals surface area contributed by atoms with Crippen molar-refractivity contribution < 1.29 is 9.18 Å². The van der Waals surface area contributed by atoms with Gasteiger partial charge in [0.05, 0.1) is 6.04 Å². The second-order valence-electron chi connectivity index (χ2n) is 7.40. The molecule has 3 rings (SSSR count). The molecule has 1 unspecified atom stereocenters. The first-order valence-electron chi connectivity index (χ1n) is 9.94. The van der Waals surface area contributed by atoms with E-state index in [0.29, 0.717) is 13.0 Å². The number of aryl methyl sites for hydroxylation is 2. The molecule has 1 aliphatic rings. The molecule has 0 bridgehead atoms. The van der Waals surface area contributed by atoms with Crippen molar-refractivity contribution in [2.45, 2.75) is 45.1 Å². The van der Waals surface area contributed by atoms with Crippen molar-refractivity contribution in [1.29, 1.82) is 0 Å². The molecule has 1 aliphatic heterocycles. The molecule has 2 aromatic rings. The molecule has 1 atom stereocenters. The Kier molecular flexibility index (Phi) is 6.99. The fourth-order valence-corrected chi connectivity index (χ4v) is 3.85. The molecule has 2 aromatic carbocycles. The van der Waals surface area contributed by atoms with Crippen LogP contribution in [0.1, 0.15) is 48.4 Å². The van der Waals surface area contributed by atoms with Crippen LogP contribution in [-0.2, 0) is 11.2 Å². The van der Waals surface area contributed by atoms with Crippen molar-refractivity contribution in [3.05, 3.63) is 71.0 Å². The van der Waals surface area contributed by atoms with Gasteiger partial charge in [-0.3, -0.25) is 9.69 Å². The van der Waals surface area contributed by atoms with Crippen LogP contribution in [0.5, 0.6) is 0 Å². The third-order valence-corrected chi connectivity index (χ3v) is 5.40. The van der Waals surface area contributed by atoms with E-state index in [2.05, 4.69) is 41.4 Å². The van der Waals surface area contributed by atoms with Crippen molar-refractivity contribution in [1.82, 2.24) is 10.2 Å². The van der Waals surface area contributed by atoms with Gasteiger partial charge in [-0.05, 0) is 74.5 Å². The number of likely N-dealkylation sites (tertiary alicyclic amines) is 1. The average molecular weight is 368 g/mol. The van der Waals surface area contributed by atoms with Gasteiger partial charge in [-0.1, -0.05) is 36.4 Å². The Morgan fingerprint density at radius 1 is 1.11 bits per heavy atom. The molecule has 1 amide bonds. The highest BCUT2D eigenvalue weighted by Crippen LogP contribution is 2.26. The fourth-order valence-electron chi connectivity index (χ4n) is 3.85. The lowest BCUT2D eigenvalue weighted by molar-refractivity contribution is -0.121. The molecule has 1 saturated heterocycles. The maximum atomic E-state index is 12.9. The minimum Gasteiger partial charge on any atom is -0.354 e. The third kappa shape index (κ3) is 5.64. The number of hydrogen-bond donors (Lipinski definition) is 1. The lowest BCUT2D eigenvalue weighted by Crippen LogP contribution is -2.37. The Morgan fingerprint density at radius 3 is 2.52 bits per heavy atom. The summed E-state index contributed by atoms with van der Waals surface area (Å²) in [4.78, 5) is 14.8. The standard InChI is InChI=1S/C23H29FN2O/c1-18-7-2-3-9-21(18)22(26-15-4-5-16-26)17-25-23(27)10-6-8-19-11-13-20(24)14-12-19/h2-3,7,9,11-14,22H,4-6,8,10,15-17H2,1H3,(H,25,27). The van der Waals surface area contributed by atoms with E-state index < -0.39 is 0 Å². The Morgan fingerprint density at radius 2 is 1.81 bits per heavy atom. The van der Waals surface area contributed by atoms with E-state index in [1.54, 1.807) is 12.1 Å². The summed E-state index contributed by atoms with van der Waals surface area (Å²) in [6.45, 7) is 4.99. The highest BCUT2D eigenvalue weighted by molar-refractivity contribution is 5.75. The second-order valence-corrected chi connectivity index (χ2v) is 7.40. The minimum atomic E-state index is -0.222. The first-order valence-corrected chi connectivity index (χ1v) is 9.94. The first-order chi connectivity index (χ1) is 13.1. The summed E-state index contributed by atoms with van der Waals surface area (Å²) in [5, 5.41) is 3.14. The van der Waals surface area contributed by atoms with Crippen molar-refractivity contribution in [2.24, 2.45) is 0 Å². The van der Waals surface area contributed by atoms with Gasteiger partial charge < -0.3 is 5.32 Å². The molecule has 144 valence electrons. The van der Waals surface area contributed by atoms with Crippen LogP contribution in [0.4, 0.5) is 4.39 Å². The van der Waals surface area contributed by atoms with Crippen LogP contribution in [-0.4, -0.2) is 30.4 Å². The number of amides is 1. The molecule has 0 aromatic heterocycles. The average Bonchev–Trinajstić information content (AvgIpc) is 3.19. The van der Waals surface area contributed by atoms with Gasteiger partial charge in [-0.15, -0.1) is 0 Å². The van der Waals surface area contributed by atoms with Crippen LogP contribution in [0.25, 0.3) is 0 Å². The number of hydrogen-bond acceptors (Lipinski definition) is 2. The smallest absolute Gasteiger partial charge is 0.220 e. The lowest BCUT2D eigenvalue weighted by atomic mass is 10.00. The summed E-state index contributed by atoms with van der Waals surface area (Å²) < 4.78 is 12.9. The largest absolute Gasteiger partial charge is 0.354 e. The summed E-state index contributed by atoms with van der Waals surface area (Å²) in [6.07, 6.45) is 4.52. The van der Waals surface area contributed by atoms with E-state index in [4.69, 9.17) is 0 Å². The van der Waals surface area contributed by atoms with Crippen molar-refractivity contribution >= 4 is 5.91 Å². The van der Waals surface area contributed by atoms with E-state index >= 15 is 0 Å². The minimum absolute atomic E-state index is 0.0925. The van der Waals surface area contributed by atoms with Crippen LogP contribution in [0.3, 0.4) is 0 Å². The van der Waals surface area contributed by atoms with E-state index in [1.807, 2.05) is 0 Å². The van der Waals surface area contributed by atoms with Gasteiger partial charge in [-0.25, -0.2) is 4.39 Å². The fraction of sp³-hybridized carbons (Fsp3) is 0.435. The maximum Gasteiger partial charge on any atom is 0.220 e. The summed E-state index contributed by atoms with van der Waals surface area (Å²) in [5.74, 6) is -0.129. The number of halogens is 1. The van der Waals surface area contributed by atoms with Crippen LogP contribution in [0, 0.1) is 12.7 Å². The van der Waals surface area contributed by atoms with Crippen LogP contribution < -0.4 is 5.32 Å². The van der Waals surface area contributed by atoms with Gasteiger partial charge in [0.1, 0.15) is 5.82 Å². The van der Waals surface area contributed by atoms with Gasteiger partial charge >= 0.3 is 0 Å². The Balaban J connectivity index is 1.51.